The molecule has 0 bridgehead atoms. The lowest BCUT2D eigenvalue weighted by Gasteiger charge is -2.15. The summed E-state index contributed by atoms with van der Waals surface area (Å²) in [4.78, 5) is 12.1. The number of carbonyl (C=O) groups excluding carboxylic acids is 1. The summed E-state index contributed by atoms with van der Waals surface area (Å²) in [5, 5.41) is 2.97. The molecule has 0 aromatic heterocycles. The highest BCUT2D eigenvalue weighted by Gasteiger charge is 2.11. The maximum atomic E-state index is 12.1. The average Bonchev–Trinajstić information content (AvgIpc) is 2.60. The lowest BCUT2D eigenvalue weighted by molar-refractivity contribution is -0.123. The van der Waals surface area contributed by atoms with Crippen molar-refractivity contribution in [1.82, 2.24) is 5.32 Å². The van der Waals surface area contributed by atoms with Crippen LogP contribution in [0.3, 0.4) is 0 Å². The van der Waals surface area contributed by atoms with Gasteiger partial charge < -0.3 is 10.1 Å². The minimum absolute atomic E-state index is 0.00144. The van der Waals surface area contributed by atoms with E-state index in [2.05, 4.69) is 59.4 Å². The number of ether oxygens (including phenoxy) is 1. The van der Waals surface area contributed by atoms with Crippen LogP contribution in [0.15, 0.2) is 46.9 Å². The van der Waals surface area contributed by atoms with Crippen LogP contribution in [0.4, 0.5) is 0 Å². The van der Waals surface area contributed by atoms with E-state index in [1.54, 1.807) is 0 Å². The van der Waals surface area contributed by atoms with Crippen LogP contribution in [-0.4, -0.2) is 12.5 Å². The SMILES string of the molecule is CCc1ccc(C(C)NC(=O)COc2ccc(CC)cc2Br)cc1. The van der Waals surface area contributed by atoms with Gasteiger partial charge in [0.1, 0.15) is 5.75 Å². The molecule has 0 fully saturated rings. The van der Waals surface area contributed by atoms with Crippen molar-refractivity contribution in [3.63, 3.8) is 0 Å². The summed E-state index contributed by atoms with van der Waals surface area (Å²) in [6, 6.07) is 14.2. The van der Waals surface area contributed by atoms with Crippen molar-refractivity contribution in [3.8, 4) is 5.75 Å². The molecule has 24 heavy (non-hydrogen) atoms. The van der Waals surface area contributed by atoms with E-state index >= 15 is 0 Å². The molecule has 0 saturated carbocycles. The van der Waals surface area contributed by atoms with Crippen molar-refractivity contribution >= 4 is 21.8 Å². The van der Waals surface area contributed by atoms with Gasteiger partial charge in [0.05, 0.1) is 10.5 Å². The standard InChI is InChI=1S/C20H24BrNO2/c1-4-15-6-9-17(10-7-15)14(3)22-20(23)13-24-19-11-8-16(5-2)12-18(19)21/h6-12,14H,4-5,13H2,1-3H3,(H,22,23). The fourth-order valence-electron chi connectivity index (χ4n) is 2.43. The van der Waals surface area contributed by atoms with Gasteiger partial charge in [0.25, 0.3) is 5.91 Å². The van der Waals surface area contributed by atoms with Crippen molar-refractivity contribution in [2.24, 2.45) is 0 Å². The van der Waals surface area contributed by atoms with Crippen LogP contribution in [0, 0.1) is 0 Å². The van der Waals surface area contributed by atoms with Gasteiger partial charge in [0.2, 0.25) is 0 Å². The van der Waals surface area contributed by atoms with Crippen molar-refractivity contribution in [1.29, 1.82) is 0 Å². The van der Waals surface area contributed by atoms with Crippen LogP contribution in [0.1, 0.15) is 43.5 Å². The quantitative estimate of drug-likeness (QED) is 0.736. The van der Waals surface area contributed by atoms with Crippen LogP contribution in [-0.2, 0) is 17.6 Å². The number of hydrogen-bond acceptors (Lipinski definition) is 2. The molecule has 1 unspecified atom stereocenters. The first-order chi connectivity index (χ1) is 11.5. The smallest absolute Gasteiger partial charge is 0.258 e. The Morgan fingerprint density at radius 2 is 1.71 bits per heavy atom. The van der Waals surface area contributed by atoms with E-state index in [0.29, 0.717) is 5.75 Å². The minimum Gasteiger partial charge on any atom is -0.483 e. The molecule has 0 aliphatic heterocycles. The molecular weight excluding hydrogens is 366 g/mol. The fraction of sp³-hybridized carbons (Fsp3) is 0.350. The number of carbonyl (C=O) groups is 1. The van der Waals surface area contributed by atoms with E-state index in [0.717, 1.165) is 22.9 Å². The van der Waals surface area contributed by atoms with Gasteiger partial charge in [-0.1, -0.05) is 44.2 Å². The largest absolute Gasteiger partial charge is 0.483 e. The van der Waals surface area contributed by atoms with Crippen LogP contribution in [0.2, 0.25) is 0 Å². The van der Waals surface area contributed by atoms with Crippen LogP contribution in [0.5, 0.6) is 5.75 Å². The number of halogens is 1. The summed E-state index contributed by atoms with van der Waals surface area (Å²) in [5.41, 5.74) is 3.61. The molecule has 0 spiro atoms. The third kappa shape index (κ3) is 5.10. The van der Waals surface area contributed by atoms with E-state index in [1.165, 1.54) is 11.1 Å². The van der Waals surface area contributed by atoms with Crippen molar-refractivity contribution in [2.75, 3.05) is 6.61 Å². The molecule has 1 atom stereocenters. The van der Waals surface area contributed by atoms with E-state index in [4.69, 9.17) is 4.74 Å². The zero-order chi connectivity index (χ0) is 17.5. The molecule has 1 N–H and O–H groups in total. The van der Waals surface area contributed by atoms with Crippen LogP contribution < -0.4 is 10.1 Å². The average molecular weight is 390 g/mol. The molecule has 0 saturated heterocycles. The second-order valence-corrected chi connectivity index (χ2v) is 6.65. The van der Waals surface area contributed by atoms with Crippen molar-refractivity contribution in [2.45, 2.75) is 39.7 Å². The van der Waals surface area contributed by atoms with E-state index in [-0.39, 0.29) is 18.6 Å². The summed E-state index contributed by atoms with van der Waals surface area (Å²) in [7, 11) is 0. The highest BCUT2D eigenvalue weighted by atomic mass is 79.9. The predicted molar refractivity (Wildman–Crippen MR) is 101 cm³/mol. The summed E-state index contributed by atoms with van der Waals surface area (Å²) in [6.07, 6.45) is 1.98. The maximum absolute atomic E-state index is 12.1. The topological polar surface area (TPSA) is 38.3 Å². The van der Waals surface area contributed by atoms with Crippen LogP contribution >= 0.6 is 15.9 Å². The van der Waals surface area contributed by atoms with Crippen molar-refractivity contribution < 1.29 is 9.53 Å². The van der Waals surface area contributed by atoms with Gasteiger partial charge in [0, 0.05) is 0 Å². The molecule has 3 nitrogen and oxygen atoms in total. The summed E-state index contributed by atoms with van der Waals surface area (Å²) in [5.74, 6) is 0.552. The molecule has 2 aromatic carbocycles. The van der Waals surface area contributed by atoms with Gasteiger partial charge in [-0.3, -0.25) is 4.79 Å². The zero-order valence-corrected chi connectivity index (χ0v) is 16.0. The number of aryl methyl sites for hydroxylation is 2. The maximum Gasteiger partial charge on any atom is 0.258 e. The van der Waals surface area contributed by atoms with E-state index in [1.807, 2.05) is 25.1 Å². The van der Waals surface area contributed by atoms with Crippen LogP contribution in [0.25, 0.3) is 0 Å². The molecule has 1 amide bonds. The Balaban J connectivity index is 1.88. The predicted octanol–water partition coefficient (Wildman–Crippen LogP) is 4.83. The van der Waals surface area contributed by atoms with Gasteiger partial charge >= 0.3 is 0 Å². The third-order valence-corrected chi connectivity index (χ3v) is 4.65. The summed E-state index contributed by atoms with van der Waals surface area (Å²) >= 11 is 3.48. The highest BCUT2D eigenvalue weighted by molar-refractivity contribution is 9.10. The molecule has 0 aliphatic rings. The molecule has 0 radical (unpaired) electrons. The Morgan fingerprint density at radius 3 is 2.29 bits per heavy atom. The van der Waals surface area contributed by atoms with Gasteiger partial charge in [0.15, 0.2) is 6.61 Å². The lowest BCUT2D eigenvalue weighted by atomic mass is 10.1. The lowest BCUT2D eigenvalue weighted by Crippen LogP contribution is -2.31. The van der Waals surface area contributed by atoms with Gasteiger partial charge in [-0.2, -0.15) is 0 Å². The second-order valence-electron chi connectivity index (χ2n) is 5.79. The molecule has 128 valence electrons. The molecular formula is C20H24BrNO2. The Bertz CT molecular complexity index is 683. The monoisotopic (exact) mass is 389 g/mol. The van der Waals surface area contributed by atoms with Crippen molar-refractivity contribution in [3.05, 3.63) is 63.6 Å². The number of rotatable bonds is 7. The van der Waals surface area contributed by atoms with E-state index < -0.39 is 0 Å². The Hall–Kier alpha value is -1.81. The first kappa shape index (κ1) is 18.5. The number of nitrogens with one attached hydrogen (secondary N) is 1. The highest BCUT2D eigenvalue weighted by Crippen LogP contribution is 2.26. The Morgan fingerprint density at radius 1 is 1.08 bits per heavy atom. The molecule has 2 aromatic rings. The Labute approximate surface area is 152 Å². The number of benzene rings is 2. The normalized spacial score (nSPS) is 11.8. The third-order valence-electron chi connectivity index (χ3n) is 4.03. The fourth-order valence-corrected chi connectivity index (χ4v) is 2.97. The first-order valence-corrected chi connectivity index (χ1v) is 9.12. The molecule has 4 heteroatoms. The molecule has 0 heterocycles. The first-order valence-electron chi connectivity index (χ1n) is 8.32. The Kier molecular flexibility index (Phi) is 6.85. The molecule has 2 rings (SSSR count). The van der Waals surface area contributed by atoms with E-state index in [9.17, 15) is 4.79 Å². The van der Waals surface area contributed by atoms with Gasteiger partial charge in [-0.05, 0) is 64.5 Å². The van der Waals surface area contributed by atoms with Gasteiger partial charge in [-0.25, -0.2) is 0 Å². The number of amides is 1. The summed E-state index contributed by atoms with van der Waals surface area (Å²) < 4.78 is 6.49. The van der Waals surface area contributed by atoms with Gasteiger partial charge in [-0.15, -0.1) is 0 Å². The second kappa shape index (κ2) is 8.88. The zero-order valence-electron chi connectivity index (χ0n) is 14.4. The summed E-state index contributed by atoms with van der Waals surface area (Å²) in [6.45, 7) is 6.21. The number of hydrogen-bond donors (Lipinski definition) is 1. The minimum atomic E-state index is -0.131. The molecule has 0 aliphatic carbocycles.